The van der Waals surface area contributed by atoms with Gasteiger partial charge in [0.05, 0.1) is 6.54 Å². The molecule has 2 aliphatic rings. The summed E-state index contributed by atoms with van der Waals surface area (Å²) in [5, 5.41) is 4.63. The van der Waals surface area contributed by atoms with E-state index in [2.05, 4.69) is 20.6 Å². The van der Waals surface area contributed by atoms with Crippen molar-refractivity contribution >= 4 is 17.9 Å². The molecule has 0 radical (unpaired) electrons. The molecule has 0 aromatic carbocycles. The molecule has 0 saturated carbocycles. The van der Waals surface area contributed by atoms with Crippen molar-refractivity contribution in [2.24, 2.45) is 0 Å². The number of anilines is 1. The highest BCUT2D eigenvalue weighted by Gasteiger charge is 2.51. The molecule has 21 heavy (non-hydrogen) atoms. The first-order valence-electron chi connectivity index (χ1n) is 6.09. The number of carbonyl (C=O) groups excluding carboxylic acids is 2. The average Bonchev–Trinajstić information content (AvgIpc) is 2.94. The number of rotatable bonds is 1. The van der Waals surface area contributed by atoms with Crippen molar-refractivity contribution in [3.05, 3.63) is 18.0 Å². The van der Waals surface area contributed by atoms with Crippen molar-refractivity contribution < 1.29 is 22.8 Å². The minimum atomic E-state index is -4.56. The predicted molar refractivity (Wildman–Crippen MR) is 63.3 cm³/mol. The van der Waals surface area contributed by atoms with Crippen LogP contribution in [0.25, 0.3) is 0 Å². The number of imide groups is 1. The standard InChI is InChI=1S/C11H10F3N5O2/c12-11(13,14)6-1-3-15-8(16-6)19-4-2-10(5-19)7(20)17-9(21)18-10/h1,3H,2,4-5H2,(H2,17,18,20,21). The maximum atomic E-state index is 12.6. The van der Waals surface area contributed by atoms with Gasteiger partial charge in [-0.1, -0.05) is 0 Å². The van der Waals surface area contributed by atoms with Gasteiger partial charge >= 0.3 is 12.2 Å². The van der Waals surface area contributed by atoms with Crippen molar-refractivity contribution in [1.82, 2.24) is 20.6 Å². The third-order valence-corrected chi connectivity index (χ3v) is 3.50. The van der Waals surface area contributed by atoms with E-state index in [9.17, 15) is 22.8 Å². The molecule has 1 spiro atoms. The van der Waals surface area contributed by atoms with Gasteiger partial charge in [-0.15, -0.1) is 0 Å². The van der Waals surface area contributed by atoms with E-state index >= 15 is 0 Å². The average molecular weight is 301 g/mol. The molecule has 10 heteroatoms. The van der Waals surface area contributed by atoms with Crippen LogP contribution in [-0.4, -0.2) is 40.5 Å². The van der Waals surface area contributed by atoms with Crippen molar-refractivity contribution in [2.45, 2.75) is 18.1 Å². The summed E-state index contributed by atoms with van der Waals surface area (Å²) in [7, 11) is 0. The van der Waals surface area contributed by atoms with Crippen LogP contribution in [0.4, 0.5) is 23.9 Å². The maximum absolute atomic E-state index is 12.6. The lowest BCUT2D eigenvalue weighted by atomic mass is 10.00. The summed E-state index contributed by atoms with van der Waals surface area (Å²) in [5.41, 5.74) is -2.16. The van der Waals surface area contributed by atoms with E-state index in [-0.39, 0.29) is 25.5 Å². The molecule has 0 bridgehead atoms. The van der Waals surface area contributed by atoms with Crippen LogP contribution in [0, 0.1) is 0 Å². The summed E-state index contributed by atoms with van der Waals surface area (Å²) in [6, 6.07) is 0.172. The summed E-state index contributed by atoms with van der Waals surface area (Å²) in [6.45, 7) is 0.306. The van der Waals surface area contributed by atoms with Gasteiger partial charge in [-0.05, 0) is 12.5 Å². The topological polar surface area (TPSA) is 87.2 Å². The van der Waals surface area contributed by atoms with Crippen LogP contribution < -0.4 is 15.5 Å². The summed E-state index contributed by atoms with van der Waals surface area (Å²) < 4.78 is 37.9. The number of amides is 3. The Balaban J connectivity index is 1.84. The van der Waals surface area contributed by atoms with E-state index in [1.165, 1.54) is 4.90 Å². The van der Waals surface area contributed by atoms with Gasteiger partial charge in [0.1, 0.15) is 11.2 Å². The number of carbonyl (C=O) groups is 2. The Labute approximate surface area is 116 Å². The molecule has 3 rings (SSSR count). The van der Waals surface area contributed by atoms with Crippen molar-refractivity contribution in [1.29, 1.82) is 0 Å². The molecule has 1 aromatic heterocycles. The number of alkyl halides is 3. The summed E-state index contributed by atoms with van der Waals surface area (Å²) in [4.78, 5) is 31.7. The first-order valence-corrected chi connectivity index (χ1v) is 6.09. The number of hydrogen-bond acceptors (Lipinski definition) is 5. The SMILES string of the molecule is O=C1NC(=O)C2(CCN(c3nccc(C(F)(F)F)n3)C2)N1. The zero-order chi connectivity index (χ0) is 15.3. The molecule has 2 N–H and O–H groups in total. The number of hydrogen-bond donors (Lipinski definition) is 2. The molecular formula is C11H10F3N5O2. The molecule has 0 aliphatic carbocycles. The minimum Gasteiger partial charge on any atom is -0.338 e. The van der Waals surface area contributed by atoms with Gasteiger partial charge in [-0.3, -0.25) is 10.1 Å². The fraction of sp³-hybridized carbons (Fsp3) is 0.455. The van der Waals surface area contributed by atoms with Crippen LogP contribution in [0.5, 0.6) is 0 Å². The van der Waals surface area contributed by atoms with E-state index in [1.54, 1.807) is 0 Å². The van der Waals surface area contributed by atoms with Crippen molar-refractivity contribution in [3.63, 3.8) is 0 Å². The van der Waals surface area contributed by atoms with Gasteiger partial charge in [0, 0.05) is 12.7 Å². The van der Waals surface area contributed by atoms with Crippen LogP contribution >= 0.6 is 0 Å². The number of aromatic nitrogens is 2. The monoisotopic (exact) mass is 301 g/mol. The second-order valence-corrected chi connectivity index (χ2v) is 4.90. The lowest BCUT2D eigenvalue weighted by Crippen LogP contribution is -2.49. The Morgan fingerprint density at radius 1 is 1.33 bits per heavy atom. The zero-order valence-electron chi connectivity index (χ0n) is 10.6. The highest BCUT2D eigenvalue weighted by Crippen LogP contribution is 2.30. The van der Waals surface area contributed by atoms with Crippen LogP contribution in [0.15, 0.2) is 12.3 Å². The predicted octanol–water partition coefficient (Wildman–Crippen LogP) is 0.284. The molecule has 2 fully saturated rings. The minimum absolute atomic E-state index is 0.0336. The molecular weight excluding hydrogens is 291 g/mol. The van der Waals surface area contributed by atoms with E-state index in [0.717, 1.165) is 12.3 Å². The van der Waals surface area contributed by atoms with E-state index in [0.29, 0.717) is 0 Å². The molecule has 2 aliphatic heterocycles. The van der Waals surface area contributed by atoms with Crippen molar-refractivity contribution in [3.8, 4) is 0 Å². The second-order valence-electron chi connectivity index (χ2n) is 4.90. The van der Waals surface area contributed by atoms with Gasteiger partial charge in [0.2, 0.25) is 5.95 Å². The quantitative estimate of drug-likeness (QED) is 0.728. The largest absolute Gasteiger partial charge is 0.433 e. The lowest BCUT2D eigenvalue weighted by Gasteiger charge is -2.21. The Morgan fingerprint density at radius 3 is 2.71 bits per heavy atom. The van der Waals surface area contributed by atoms with Gasteiger partial charge in [-0.25, -0.2) is 14.8 Å². The molecule has 1 unspecified atom stereocenters. The Hall–Kier alpha value is -2.39. The first kappa shape index (κ1) is 13.6. The van der Waals surface area contributed by atoms with Gasteiger partial charge in [-0.2, -0.15) is 13.2 Å². The molecule has 2 saturated heterocycles. The number of halogens is 3. The number of nitrogens with one attached hydrogen (secondary N) is 2. The molecule has 1 atom stereocenters. The molecule has 112 valence electrons. The fourth-order valence-corrected chi connectivity index (χ4v) is 2.45. The molecule has 7 nitrogen and oxygen atoms in total. The highest BCUT2D eigenvalue weighted by molar-refractivity contribution is 6.07. The second kappa shape index (κ2) is 4.30. The number of nitrogens with zero attached hydrogens (tertiary/aromatic N) is 3. The van der Waals surface area contributed by atoms with Crippen LogP contribution in [0.1, 0.15) is 12.1 Å². The smallest absolute Gasteiger partial charge is 0.338 e. The highest BCUT2D eigenvalue weighted by atomic mass is 19.4. The molecule has 3 heterocycles. The summed E-state index contributed by atoms with van der Waals surface area (Å²) >= 11 is 0. The zero-order valence-corrected chi connectivity index (χ0v) is 10.6. The molecule has 1 aromatic rings. The lowest BCUT2D eigenvalue weighted by molar-refractivity contribution is -0.141. The Bertz CT molecular complexity index is 620. The third kappa shape index (κ3) is 2.26. The van der Waals surface area contributed by atoms with Gasteiger partial charge in [0.25, 0.3) is 5.91 Å². The van der Waals surface area contributed by atoms with Gasteiger partial charge in [0.15, 0.2) is 0 Å². The van der Waals surface area contributed by atoms with E-state index in [4.69, 9.17) is 0 Å². The maximum Gasteiger partial charge on any atom is 0.433 e. The van der Waals surface area contributed by atoms with Crippen molar-refractivity contribution in [2.75, 3.05) is 18.0 Å². The first-order chi connectivity index (χ1) is 9.80. The van der Waals surface area contributed by atoms with Crippen LogP contribution in [-0.2, 0) is 11.0 Å². The van der Waals surface area contributed by atoms with Crippen LogP contribution in [0.3, 0.4) is 0 Å². The summed E-state index contributed by atoms with van der Waals surface area (Å²) in [6.07, 6.45) is -3.26. The normalized spacial score (nSPS) is 25.4. The third-order valence-electron chi connectivity index (χ3n) is 3.50. The summed E-state index contributed by atoms with van der Waals surface area (Å²) in [5.74, 6) is -0.599. The number of urea groups is 1. The Morgan fingerprint density at radius 2 is 2.10 bits per heavy atom. The molecule has 3 amide bonds. The van der Waals surface area contributed by atoms with Crippen LogP contribution in [0.2, 0.25) is 0 Å². The fourth-order valence-electron chi connectivity index (χ4n) is 2.45. The van der Waals surface area contributed by atoms with E-state index in [1.807, 2.05) is 0 Å². The van der Waals surface area contributed by atoms with E-state index < -0.39 is 29.3 Å². The van der Waals surface area contributed by atoms with Gasteiger partial charge < -0.3 is 10.2 Å². The Kier molecular flexibility index (Phi) is 2.78.